The van der Waals surface area contributed by atoms with E-state index in [9.17, 15) is 9.59 Å². The average molecular weight is 271 g/mol. The number of rotatable bonds is 3. The number of carboxylic acids is 1. The molecule has 5 heteroatoms. The fourth-order valence-corrected chi connectivity index (χ4v) is 2.27. The number of carboxylic acid groups (broad SMARTS) is 1. The molecule has 0 aromatic rings. The van der Waals surface area contributed by atoms with Gasteiger partial charge in [-0.1, -0.05) is 20.8 Å². The van der Waals surface area contributed by atoms with Crippen molar-refractivity contribution in [3.05, 3.63) is 0 Å². The molecule has 19 heavy (non-hydrogen) atoms. The van der Waals surface area contributed by atoms with Gasteiger partial charge in [0, 0.05) is 6.04 Å². The first-order valence-corrected chi connectivity index (χ1v) is 6.64. The first-order valence-electron chi connectivity index (χ1n) is 6.64. The highest BCUT2D eigenvalue weighted by Crippen LogP contribution is 2.46. The molecule has 1 amide bonds. The Morgan fingerprint density at radius 3 is 2.05 bits per heavy atom. The molecule has 0 aliphatic heterocycles. The van der Waals surface area contributed by atoms with Gasteiger partial charge in [-0.3, -0.25) is 4.79 Å². The van der Waals surface area contributed by atoms with Crippen LogP contribution in [0.15, 0.2) is 0 Å². The van der Waals surface area contributed by atoms with E-state index in [4.69, 9.17) is 9.84 Å². The van der Waals surface area contributed by atoms with E-state index in [-0.39, 0.29) is 23.3 Å². The van der Waals surface area contributed by atoms with Crippen LogP contribution in [0, 0.1) is 17.3 Å². The monoisotopic (exact) mass is 271 g/mol. The van der Waals surface area contributed by atoms with Crippen molar-refractivity contribution in [2.75, 3.05) is 0 Å². The number of amides is 1. The van der Waals surface area contributed by atoms with Gasteiger partial charge >= 0.3 is 12.1 Å². The fourth-order valence-electron chi connectivity index (χ4n) is 2.27. The normalized spacial score (nSPS) is 24.5. The molecule has 1 rings (SSSR count). The van der Waals surface area contributed by atoms with Gasteiger partial charge in [0.15, 0.2) is 0 Å². The summed E-state index contributed by atoms with van der Waals surface area (Å²) in [5.74, 6) is -1.14. The molecular weight excluding hydrogens is 246 g/mol. The topological polar surface area (TPSA) is 75.6 Å². The smallest absolute Gasteiger partial charge is 0.407 e. The van der Waals surface area contributed by atoms with Crippen molar-refractivity contribution in [3.63, 3.8) is 0 Å². The van der Waals surface area contributed by atoms with E-state index >= 15 is 0 Å². The molecule has 0 bridgehead atoms. The van der Waals surface area contributed by atoms with Gasteiger partial charge in [-0.25, -0.2) is 4.79 Å². The lowest BCUT2D eigenvalue weighted by atomic mass is 9.83. The van der Waals surface area contributed by atoms with Gasteiger partial charge in [-0.15, -0.1) is 0 Å². The van der Waals surface area contributed by atoms with E-state index in [0.29, 0.717) is 6.42 Å². The molecule has 2 N–H and O–H groups in total. The number of carbonyl (C=O) groups is 2. The maximum Gasteiger partial charge on any atom is 0.407 e. The van der Waals surface area contributed by atoms with Crippen LogP contribution >= 0.6 is 0 Å². The summed E-state index contributed by atoms with van der Waals surface area (Å²) >= 11 is 0. The van der Waals surface area contributed by atoms with Gasteiger partial charge in [0.25, 0.3) is 0 Å². The lowest BCUT2D eigenvalue weighted by molar-refractivity contribution is -0.139. The Labute approximate surface area is 114 Å². The van der Waals surface area contributed by atoms with Crippen LogP contribution in [0.25, 0.3) is 0 Å². The van der Waals surface area contributed by atoms with E-state index in [1.165, 1.54) is 0 Å². The zero-order valence-electron chi connectivity index (χ0n) is 12.6. The maximum absolute atomic E-state index is 11.8. The zero-order chi connectivity index (χ0) is 15.0. The standard InChI is InChI=1S/C14H25NO4/c1-13(2,3)10(8-7-9(8)11(16)17)15-12(18)19-14(4,5)6/h8-10H,7H2,1-6H3,(H,15,18)(H,16,17)/t8-,9-,10?/m1/s1. The molecule has 1 aliphatic carbocycles. The summed E-state index contributed by atoms with van der Waals surface area (Å²) in [7, 11) is 0. The number of hydrogen-bond donors (Lipinski definition) is 2. The second-order valence-corrected chi connectivity index (χ2v) is 7.33. The van der Waals surface area contributed by atoms with Crippen LogP contribution in [0.3, 0.4) is 0 Å². The Kier molecular flexibility index (Phi) is 4.17. The van der Waals surface area contributed by atoms with Gasteiger partial charge in [0.05, 0.1) is 5.92 Å². The van der Waals surface area contributed by atoms with Crippen molar-refractivity contribution < 1.29 is 19.4 Å². The van der Waals surface area contributed by atoms with Crippen LogP contribution in [0.2, 0.25) is 0 Å². The predicted octanol–water partition coefficient (Wildman–Crippen LogP) is 2.65. The second kappa shape index (κ2) is 5.02. The highest BCUT2D eigenvalue weighted by Gasteiger charge is 2.52. The summed E-state index contributed by atoms with van der Waals surface area (Å²) in [6.45, 7) is 11.4. The van der Waals surface area contributed by atoms with Crippen LogP contribution in [0.4, 0.5) is 4.79 Å². The van der Waals surface area contributed by atoms with Crippen molar-refractivity contribution in [2.45, 2.75) is 59.6 Å². The largest absolute Gasteiger partial charge is 0.481 e. The summed E-state index contributed by atoms with van der Waals surface area (Å²) in [6, 6.07) is -0.191. The lowest BCUT2D eigenvalue weighted by Crippen LogP contribution is -2.47. The summed E-state index contributed by atoms with van der Waals surface area (Å²) < 4.78 is 5.24. The number of alkyl carbamates (subject to hydrolysis) is 1. The minimum Gasteiger partial charge on any atom is -0.481 e. The molecule has 1 fully saturated rings. The van der Waals surface area contributed by atoms with Crippen molar-refractivity contribution in [1.82, 2.24) is 5.32 Å². The van der Waals surface area contributed by atoms with Crippen molar-refractivity contribution in [3.8, 4) is 0 Å². The fraction of sp³-hybridized carbons (Fsp3) is 0.857. The quantitative estimate of drug-likeness (QED) is 0.827. The van der Waals surface area contributed by atoms with E-state index < -0.39 is 17.7 Å². The highest BCUT2D eigenvalue weighted by atomic mass is 16.6. The molecule has 110 valence electrons. The molecule has 1 saturated carbocycles. The van der Waals surface area contributed by atoms with Crippen LogP contribution < -0.4 is 5.32 Å². The van der Waals surface area contributed by atoms with Gasteiger partial charge in [0.1, 0.15) is 5.60 Å². The number of aliphatic carboxylic acids is 1. The Morgan fingerprint density at radius 2 is 1.74 bits per heavy atom. The lowest BCUT2D eigenvalue weighted by Gasteiger charge is -2.32. The van der Waals surface area contributed by atoms with Gasteiger partial charge in [-0.2, -0.15) is 0 Å². The second-order valence-electron chi connectivity index (χ2n) is 7.33. The number of ether oxygens (including phenoxy) is 1. The SMILES string of the molecule is CC(C)(C)OC(=O)NC([C@@H]1C[C@H]1C(=O)O)C(C)(C)C. The number of hydrogen-bond acceptors (Lipinski definition) is 3. The maximum atomic E-state index is 11.8. The molecule has 0 radical (unpaired) electrons. The predicted molar refractivity (Wildman–Crippen MR) is 71.8 cm³/mol. The van der Waals surface area contributed by atoms with Gasteiger partial charge < -0.3 is 15.2 Å². The Bertz CT molecular complexity index is 365. The molecule has 0 aromatic carbocycles. The summed E-state index contributed by atoms with van der Waals surface area (Å²) in [5.41, 5.74) is -0.756. The average Bonchev–Trinajstić information content (AvgIpc) is 2.88. The summed E-state index contributed by atoms with van der Waals surface area (Å²) in [6.07, 6.45) is 0.135. The minimum absolute atomic E-state index is 0.00924. The van der Waals surface area contributed by atoms with E-state index in [0.717, 1.165) is 0 Å². The summed E-state index contributed by atoms with van der Waals surface area (Å²) in [4.78, 5) is 22.8. The minimum atomic E-state index is -0.787. The highest BCUT2D eigenvalue weighted by molar-refractivity contribution is 5.74. The molecule has 1 aliphatic rings. The van der Waals surface area contributed by atoms with Crippen molar-refractivity contribution in [2.24, 2.45) is 17.3 Å². The van der Waals surface area contributed by atoms with E-state index in [1.54, 1.807) is 20.8 Å². The van der Waals surface area contributed by atoms with E-state index in [1.807, 2.05) is 20.8 Å². The van der Waals surface area contributed by atoms with Crippen molar-refractivity contribution >= 4 is 12.1 Å². The number of nitrogens with one attached hydrogen (secondary N) is 1. The first-order chi connectivity index (χ1) is 8.42. The van der Waals surface area contributed by atoms with E-state index in [2.05, 4.69) is 5.32 Å². The molecule has 3 atom stereocenters. The van der Waals surface area contributed by atoms with Crippen LogP contribution in [0.1, 0.15) is 48.0 Å². The van der Waals surface area contributed by atoms with Crippen LogP contribution in [-0.2, 0) is 9.53 Å². The Morgan fingerprint density at radius 1 is 1.21 bits per heavy atom. The molecule has 5 nitrogen and oxygen atoms in total. The molecule has 0 saturated heterocycles. The van der Waals surface area contributed by atoms with Crippen LogP contribution in [-0.4, -0.2) is 28.8 Å². The third kappa shape index (κ3) is 4.73. The Hall–Kier alpha value is -1.26. The number of carbonyl (C=O) groups excluding carboxylic acids is 1. The first kappa shape index (κ1) is 15.8. The third-order valence-electron chi connectivity index (χ3n) is 3.19. The molecule has 0 aromatic heterocycles. The zero-order valence-corrected chi connectivity index (χ0v) is 12.6. The van der Waals surface area contributed by atoms with Crippen molar-refractivity contribution in [1.29, 1.82) is 0 Å². The van der Waals surface area contributed by atoms with Crippen LogP contribution in [0.5, 0.6) is 0 Å². The molecule has 1 unspecified atom stereocenters. The van der Waals surface area contributed by atoms with Gasteiger partial charge in [0.2, 0.25) is 0 Å². The third-order valence-corrected chi connectivity index (χ3v) is 3.19. The molecule has 0 heterocycles. The molecular formula is C14H25NO4. The summed E-state index contributed by atoms with van der Waals surface area (Å²) in [5, 5.41) is 11.9. The van der Waals surface area contributed by atoms with Gasteiger partial charge in [-0.05, 0) is 38.5 Å². The molecule has 0 spiro atoms. The Balaban J connectivity index is 2.68.